The van der Waals surface area contributed by atoms with Crippen LogP contribution < -0.4 is 4.74 Å². The van der Waals surface area contributed by atoms with Crippen LogP contribution in [0.15, 0.2) is 24.3 Å². The molecule has 1 fully saturated rings. The standard InChI is InChI=1S/C13H14N2O6/c16-12(14(7-13(17)18)9-5-6-9)8-21-11-4-2-1-3-10(11)15(19)20/h1-4,9H,5-8H2,(H,17,18). The normalized spacial score (nSPS) is 13.5. The summed E-state index contributed by atoms with van der Waals surface area (Å²) in [5, 5.41) is 19.6. The lowest BCUT2D eigenvalue weighted by atomic mass is 10.3. The molecule has 2 rings (SSSR count). The molecule has 1 amide bonds. The molecule has 1 aromatic rings. The van der Waals surface area contributed by atoms with Crippen LogP contribution in [0.25, 0.3) is 0 Å². The number of ether oxygens (including phenoxy) is 1. The molecule has 112 valence electrons. The van der Waals surface area contributed by atoms with Gasteiger partial charge in [-0.25, -0.2) is 0 Å². The molecule has 8 nitrogen and oxygen atoms in total. The topological polar surface area (TPSA) is 110 Å². The van der Waals surface area contributed by atoms with Crippen molar-refractivity contribution >= 4 is 17.6 Å². The fraction of sp³-hybridized carbons (Fsp3) is 0.385. The average molecular weight is 294 g/mol. The first-order valence-corrected chi connectivity index (χ1v) is 6.36. The van der Waals surface area contributed by atoms with Gasteiger partial charge in [0.05, 0.1) is 4.92 Å². The molecule has 0 bridgehead atoms. The second-order valence-electron chi connectivity index (χ2n) is 4.66. The molecule has 0 spiro atoms. The van der Waals surface area contributed by atoms with Crippen molar-refractivity contribution in [2.45, 2.75) is 18.9 Å². The Kier molecular flexibility index (Phi) is 4.36. The molecule has 0 heterocycles. The highest BCUT2D eigenvalue weighted by molar-refractivity contribution is 5.83. The van der Waals surface area contributed by atoms with Crippen molar-refractivity contribution in [3.63, 3.8) is 0 Å². The predicted octanol–water partition coefficient (Wildman–Crippen LogP) is 1.05. The predicted molar refractivity (Wildman–Crippen MR) is 71.0 cm³/mol. The second kappa shape index (κ2) is 6.21. The summed E-state index contributed by atoms with van der Waals surface area (Å²) in [5.41, 5.74) is -0.235. The number of nitro groups is 1. The molecular formula is C13H14N2O6. The van der Waals surface area contributed by atoms with Crippen LogP contribution in [-0.4, -0.2) is 46.0 Å². The van der Waals surface area contributed by atoms with E-state index in [1.54, 1.807) is 6.07 Å². The summed E-state index contributed by atoms with van der Waals surface area (Å²) in [4.78, 5) is 34.2. The summed E-state index contributed by atoms with van der Waals surface area (Å²) < 4.78 is 5.17. The van der Waals surface area contributed by atoms with Crippen LogP contribution in [-0.2, 0) is 9.59 Å². The smallest absolute Gasteiger partial charge is 0.323 e. The maximum absolute atomic E-state index is 12.0. The number of carbonyl (C=O) groups excluding carboxylic acids is 1. The van der Waals surface area contributed by atoms with Crippen LogP contribution in [0.2, 0.25) is 0 Å². The molecule has 0 atom stereocenters. The minimum Gasteiger partial charge on any atom is -0.480 e. The number of para-hydroxylation sites is 2. The molecule has 21 heavy (non-hydrogen) atoms. The van der Waals surface area contributed by atoms with E-state index in [2.05, 4.69) is 0 Å². The van der Waals surface area contributed by atoms with Crippen LogP contribution in [0.5, 0.6) is 5.75 Å². The van der Waals surface area contributed by atoms with Crippen molar-refractivity contribution in [1.29, 1.82) is 0 Å². The van der Waals surface area contributed by atoms with Crippen LogP contribution in [0, 0.1) is 10.1 Å². The number of aliphatic carboxylic acids is 1. The number of hydrogen-bond acceptors (Lipinski definition) is 5. The Labute approximate surface area is 120 Å². The van der Waals surface area contributed by atoms with Gasteiger partial charge < -0.3 is 14.7 Å². The van der Waals surface area contributed by atoms with Crippen LogP contribution in [0.4, 0.5) is 5.69 Å². The Hall–Kier alpha value is -2.64. The van der Waals surface area contributed by atoms with E-state index in [1.807, 2.05) is 0 Å². The summed E-state index contributed by atoms with van der Waals surface area (Å²) in [6.07, 6.45) is 1.54. The van der Waals surface area contributed by atoms with Gasteiger partial charge in [-0.2, -0.15) is 0 Å². The Morgan fingerprint density at radius 3 is 2.62 bits per heavy atom. The van der Waals surface area contributed by atoms with Gasteiger partial charge >= 0.3 is 11.7 Å². The van der Waals surface area contributed by atoms with E-state index in [0.29, 0.717) is 0 Å². The fourth-order valence-corrected chi connectivity index (χ4v) is 1.91. The van der Waals surface area contributed by atoms with Gasteiger partial charge in [0.15, 0.2) is 12.4 Å². The van der Waals surface area contributed by atoms with Gasteiger partial charge in [0, 0.05) is 12.1 Å². The molecule has 0 saturated heterocycles. The van der Waals surface area contributed by atoms with Crippen molar-refractivity contribution in [3.8, 4) is 5.75 Å². The molecule has 1 N–H and O–H groups in total. The Morgan fingerprint density at radius 1 is 1.38 bits per heavy atom. The molecule has 1 aliphatic carbocycles. The lowest BCUT2D eigenvalue weighted by Crippen LogP contribution is -2.40. The van der Waals surface area contributed by atoms with E-state index >= 15 is 0 Å². The zero-order valence-corrected chi connectivity index (χ0v) is 11.1. The fourth-order valence-electron chi connectivity index (χ4n) is 1.91. The quantitative estimate of drug-likeness (QED) is 0.594. The number of carbonyl (C=O) groups is 2. The second-order valence-corrected chi connectivity index (χ2v) is 4.66. The van der Waals surface area contributed by atoms with Crippen LogP contribution in [0.1, 0.15) is 12.8 Å². The van der Waals surface area contributed by atoms with Crippen molar-refractivity contribution in [2.75, 3.05) is 13.2 Å². The molecule has 1 saturated carbocycles. The monoisotopic (exact) mass is 294 g/mol. The summed E-state index contributed by atoms with van der Waals surface area (Å²) in [5.74, 6) is -1.60. The number of rotatable bonds is 7. The number of carboxylic acids is 1. The van der Waals surface area contributed by atoms with Gasteiger partial charge in [0.1, 0.15) is 6.54 Å². The van der Waals surface area contributed by atoms with E-state index < -0.39 is 23.4 Å². The van der Waals surface area contributed by atoms with Gasteiger partial charge in [-0.15, -0.1) is 0 Å². The highest BCUT2D eigenvalue weighted by Crippen LogP contribution is 2.28. The lowest BCUT2D eigenvalue weighted by Gasteiger charge is -2.20. The Morgan fingerprint density at radius 2 is 2.05 bits per heavy atom. The van der Waals surface area contributed by atoms with Crippen molar-refractivity contribution in [3.05, 3.63) is 34.4 Å². The molecule has 0 aromatic heterocycles. The van der Waals surface area contributed by atoms with Gasteiger partial charge in [0.25, 0.3) is 5.91 Å². The molecule has 1 aliphatic rings. The maximum atomic E-state index is 12.0. The Balaban J connectivity index is 2.00. The van der Waals surface area contributed by atoms with E-state index in [-0.39, 0.29) is 24.0 Å². The van der Waals surface area contributed by atoms with Gasteiger partial charge in [-0.3, -0.25) is 19.7 Å². The SMILES string of the molecule is O=C(O)CN(C(=O)COc1ccccc1[N+](=O)[O-])C1CC1. The average Bonchev–Trinajstić information content (AvgIpc) is 3.26. The van der Waals surface area contributed by atoms with Crippen LogP contribution in [0.3, 0.4) is 0 Å². The third-order valence-corrected chi connectivity index (χ3v) is 3.03. The zero-order valence-electron chi connectivity index (χ0n) is 11.1. The van der Waals surface area contributed by atoms with Gasteiger partial charge in [-0.05, 0) is 18.9 Å². The van der Waals surface area contributed by atoms with Crippen molar-refractivity contribution in [1.82, 2.24) is 4.90 Å². The molecule has 0 radical (unpaired) electrons. The first kappa shape index (κ1) is 14.8. The largest absolute Gasteiger partial charge is 0.480 e. The van der Waals surface area contributed by atoms with Gasteiger partial charge in [0.2, 0.25) is 0 Å². The molecule has 0 aliphatic heterocycles. The number of benzene rings is 1. The summed E-state index contributed by atoms with van der Waals surface area (Å²) in [6.45, 7) is -0.807. The van der Waals surface area contributed by atoms with E-state index in [4.69, 9.17) is 9.84 Å². The van der Waals surface area contributed by atoms with Crippen LogP contribution >= 0.6 is 0 Å². The number of hydrogen-bond donors (Lipinski definition) is 1. The van der Waals surface area contributed by atoms with Crippen molar-refractivity contribution in [2.24, 2.45) is 0 Å². The maximum Gasteiger partial charge on any atom is 0.323 e. The summed E-state index contributed by atoms with van der Waals surface area (Å²) in [7, 11) is 0. The summed E-state index contributed by atoms with van der Waals surface area (Å²) >= 11 is 0. The lowest BCUT2D eigenvalue weighted by molar-refractivity contribution is -0.385. The zero-order chi connectivity index (χ0) is 15.4. The number of carboxylic acid groups (broad SMARTS) is 1. The summed E-state index contributed by atoms with van der Waals surface area (Å²) in [6, 6.07) is 5.65. The first-order chi connectivity index (χ1) is 9.99. The highest BCUT2D eigenvalue weighted by Gasteiger charge is 2.34. The molecule has 8 heteroatoms. The van der Waals surface area contributed by atoms with Gasteiger partial charge in [-0.1, -0.05) is 12.1 Å². The molecule has 1 aromatic carbocycles. The number of nitro benzene ring substituents is 1. The minimum absolute atomic E-state index is 0.0121. The third-order valence-electron chi connectivity index (χ3n) is 3.03. The third kappa shape index (κ3) is 3.91. The van der Waals surface area contributed by atoms with E-state index in [1.165, 1.54) is 23.1 Å². The number of nitrogens with zero attached hydrogens (tertiary/aromatic N) is 2. The van der Waals surface area contributed by atoms with Crippen molar-refractivity contribution < 1.29 is 24.4 Å². The van der Waals surface area contributed by atoms with E-state index in [9.17, 15) is 19.7 Å². The number of amides is 1. The first-order valence-electron chi connectivity index (χ1n) is 6.36. The molecular weight excluding hydrogens is 280 g/mol. The minimum atomic E-state index is -1.10. The molecule has 0 unspecified atom stereocenters. The highest BCUT2D eigenvalue weighted by atomic mass is 16.6. The van der Waals surface area contributed by atoms with E-state index in [0.717, 1.165) is 12.8 Å². The Bertz CT molecular complexity index is 570.